The fourth-order valence-corrected chi connectivity index (χ4v) is 1.34. The number of halogens is 1. The minimum atomic E-state index is -0.333. The second kappa shape index (κ2) is 5.77. The molecule has 0 bridgehead atoms. The van der Waals surface area contributed by atoms with E-state index in [1.807, 2.05) is 6.92 Å². The summed E-state index contributed by atoms with van der Waals surface area (Å²) in [5.41, 5.74) is 0.420. The maximum Gasteiger partial charge on any atom is 0.186 e. The zero-order valence-corrected chi connectivity index (χ0v) is 10.5. The van der Waals surface area contributed by atoms with E-state index in [0.717, 1.165) is 25.2 Å². The van der Waals surface area contributed by atoms with Gasteiger partial charge in [-0.15, -0.1) is 0 Å². The molecule has 1 N–H and O–H groups in total. The smallest absolute Gasteiger partial charge is 0.186 e. The van der Waals surface area contributed by atoms with Crippen molar-refractivity contribution in [3.8, 4) is 0 Å². The average Bonchev–Trinajstić information content (AvgIpc) is 2.29. The topological polar surface area (TPSA) is 37.8 Å². The Morgan fingerprint density at radius 2 is 2.00 bits per heavy atom. The lowest BCUT2D eigenvalue weighted by atomic mass is 10.1. The van der Waals surface area contributed by atoms with Gasteiger partial charge < -0.3 is 5.32 Å². The zero-order valence-electron chi connectivity index (χ0n) is 10.5. The van der Waals surface area contributed by atoms with Crippen LogP contribution in [0, 0.1) is 12.7 Å². The van der Waals surface area contributed by atoms with Crippen LogP contribution < -0.4 is 5.32 Å². The van der Waals surface area contributed by atoms with Crippen LogP contribution in [0.15, 0.2) is 0 Å². The van der Waals surface area contributed by atoms with Gasteiger partial charge in [-0.3, -0.25) is 0 Å². The number of aryl methyl sites for hydroxylation is 1. The van der Waals surface area contributed by atoms with E-state index >= 15 is 0 Å². The third kappa shape index (κ3) is 2.90. The molecule has 0 amide bonds. The van der Waals surface area contributed by atoms with Gasteiger partial charge in [0.2, 0.25) is 0 Å². The molecule has 0 saturated carbocycles. The Morgan fingerprint density at radius 1 is 1.31 bits per heavy atom. The van der Waals surface area contributed by atoms with Crippen molar-refractivity contribution in [2.75, 3.05) is 11.9 Å². The molecule has 3 nitrogen and oxygen atoms in total. The van der Waals surface area contributed by atoms with Gasteiger partial charge in [-0.25, -0.2) is 14.4 Å². The number of anilines is 1. The average molecular weight is 225 g/mol. The maximum atomic E-state index is 13.7. The van der Waals surface area contributed by atoms with Crippen molar-refractivity contribution < 1.29 is 4.39 Å². The third-order valence-electron chi connectivity index (χ3n) is 2.63. The Kier molecular flexibility index (Phi) is 4.65. The van der Waals surface area contributed by atoms with Gasteiger partial charge in [-0.05, 0) is 19.8 Å². The van der Waals surface area contributed by atoms with E-state index in [0.29, 0.717) is 11.5 Å². The lowest BCUT2D eigenvalue weighted by Gasteiger charge is -2.12. The van der Waals surface area contributed by atoms with Gasteiger partial charge in [0.15, 0.2) is 11.6 Å². The van der Waals surface area contributed by atoms with E-state index in [4.69, 9.17) is 0 Å². The minimum Gasteiger partial charge on any atom is -0.368 e. The summed E-state index contributed by atoms with van der Waals surface area (Å²) in [5.74, 6) is 0.992. The molecule has 1 heterocycles. The molecule has 0 fully saturated rings. The molecule has 0 spiro atoms. The molecule has 0 aliphatic carbocycles. The van der Waals surface area contributed by atoms with Gasteiger partial charge in [-0.1, -0.05) is 20.8 Å². The van der Waals surface area contributed by atoms with Gasteiger partial charge in [0, 0.05) is 12.5 Å². The van der Waals surface area contributed by atoms with Crippen LogP contribution in [0.4, 0.5) is 10.2 Å². The van der Waals surface area contributed by atoms with Crippen molar-refractivity contribution in [2.24, 2.45) is 0 Å². The summed E-state index contributed by atoms with van der Waals surface area (Å²) < 4.78 is 13.7. The SMILES string of the molecule is CCCNc1nc(C(C)CC)nc(C)c1F. The number of nitrogens with one attached hydrogen (secondary N) is 1. The normalized spacial score (nSPS) is 12.6. The molecule has 0 aromatic carbocycles. The first kappa shape index (κ1) is 12.9. The van der Waals surface area contributed by atoms with Crippen molar-refractivity contribution in [3.05, 3.63) is 17.3 Å². The summed E-state index contributed by atoms with van der Waals surface area (Å²) in [6, 6.07) is 0. The van der Waals surface area contributed by atoms with Crippen LogP contribution in [0.25, 0.3) is 0 Å². The Balaban J connectivity index is 3.01. The summed E-state index contributed by atoms with van der Waals surface area (Å²) in [5, 5.41) is 3.00. The van der Waals surface area contributed by atoms with Gasteiger partial charge >= 0.3 is 0 Å². The van der Waals surface area contributed by atoms with Crippen molar-refractivity contribution in [1.29, 1.82) is 0 Å². The van der Waals surface area contributed by atoms with Gasteiger partial charge in [0.05, 0.1) is 5.69 Å². The molecule has 1 rings (SSSR count). The van der Waals surface area contributed by atoms with Crippen LogP contribution in [0.5, 0.6) is 0 Å². The van der Waals surface area contributed by atoms with Crippen LogP contribution in [0.1, 0.15) is 51.0 Å². The summed E-state index contributed by atoms with van der Waals surface area (Å²) in [4.78, 5) is 8.43. The van der Waals surface area contributed by atoms with Crippen LogP contribution >= 0.6 is 0 Å². The molecule has 0 saturated heterocycles. The summed E-state index contributed by atoms with van der Waals surface area (Å²) in [6.45, 7) is 8.57. The summed E-state index contributed by atoms with van der Waals surface area (Å²) in [7, 11) is 0. The van der Waals surface area contributed by atoms with Crippen molar-refractivity contribution in [3.63, 3.8) is 0 Å². The van der Waals surface area contributed by atoms with Crippen LogP contribution in [0.2, 0.25) is 0 Å². The molecule has 1 aromatic rings. The highest BCUT2D eigenvalue weighted by atomic mass is 19.1. The van der Waals surface area contributed by atoms with Gasteiger partial charge in [0.1, 0.15) is 5.82 Å². The number of aromatic nitrogens is 2. The molecule has 0 aliphatic heterocycles. The zero-order chi connectivity index (χ0) is 12.1. The molecule has 1 aromatic heterocycles. The Bertz CT molecular complexity index is 352. The van der Waals surface area contributed by atoms with E-state index < -0.39 is 0 Å². The van der Waals surface area contributed by atoms with Crippen molar-refractivity contribution in [1.82, 2.24) is 9.97 Å². The predicted octanol–water partition coefficient (Wildman–Crippen LogP) is 3.26. The maximum absolute atomic E-state index is 13.7. The highest BCUT2D eigenvalue weighted by molar-refractivity contribution is 5.38. The van der Waals surface area contributed by atoms with Crippen molar-refractivity contribution in [2.45, 2.75) is 46.5 Å². The first-order chi connectivity index (χ1) is 7.60. The number of nitrogens with zero attached hydrogens (tertiary/aromatic N) is 2. The first-order valence-electron chi connectivity index (χ1n) is 5.88. The lowest BCUT2D eigenvalue weighted by Crippen LogP contribution is -2.11. The molecule has 0 aliphatic rings. The van der Waals surface area contributed by atoms with E-state index in [2.05, 4.69) is 29.1 Å². The van der Waals surface area contributed by atoms with E-state index in [-0.39, 0.29) is 11.7 Å². The number of rotatable bonds is 5. The van der Waals surface area contributed by atoms with Crippen LogP contribution in [0.3, 0.4) is 0 Å². The molecule has 4 heteroatoms. The van der Waals surface area contributed by atoms with Crippen molar-refractivity contribution >= 4 is 5.82 Å². The Labute approximate surface area is 96.5 Å². The first-order valence-corrected chi connectivity index (χ1v) is 5.88. The van der Waals surface area contributed by atoms with Crippen LogP contribution in [-0.2, 0) is 0 Å². The molecule has 0 radical (unpaired) electrons. The predicted molar refractivity (Wildman–Crippen MR) is 64.2 cm³/mol. The standard InChI is InChI=1S/C12H20FN3/c1-5-7-14-12-10(13)9(4)15-11(16-12)8(3)6-2/h8H,5-7H2,1-4H3,(H,14,15,16). The third-order valence-corrected chi connectivity index (χ3v) is 2.63. The van der Waals surface area contributed by atoms with Gasteiger partial charge in [-0.2, -0.15) is 0 Å². The lowest BCUT2D eigenvalue weighted by molar-refractivity contribution is 0.587. The number of hydrogen-bond donors (Lipinski definition) is 1. The fourth-order valence-electron chi connectivity index (χ4n) is 1.34. The van der Waals surface area contributed by atoms with Crippen LogP contribution in [-0.4, -0.2) is 16.5 Å². The molecular weight excluding hydrogens is 205 g/mol. The Morgan fingerprint density at radius 3 is 2.56 bits per heavy atom. The highest BCUT2D eigenvalue weighted by Gasteiger charge is 2.14. The second-order valence-electron chi connectivity index (χ2n) is 4.07. The minimum absolute atomic E-state index is 0.265. The van der Waals surface area contributed by atoms with E-state index in [9.17, 15) is 4.39 Å². The summed E-state index contributed by atoms with van der Waals surface area (Å²) >= 11 is 0. The van der Waals surface area contributed by atoms with E-state index in [1.165, 1.54) is 0 Å². The number of hydrogen-bond acceptors (Lipinski definition) is 3. The monoisotopic (exact) mass is 225 g/mol. The van der Waals surface area contributed by atoms with E-state index in [1.54, 1.807) is 6.92 Å². The van der Waals surface area contributed by atoms with Gasteiger partial charge in [0.25, 0.3) is 0 Å². The molecule has 1 atom stereocenters. The summed E-state index contributed by atoms with van der Waals surface area (Å²) in [6.07, 6.45) is 1.90. The fraction of sp³-hybridized carbons (Fsp3) is 0.667. The Hall–Kier alpha value is -1.19. The second-order valence-corrected chi connectivity index (χ2v) is 4.07. The molecule has 1 unspecified atom stereocenters. The molecule has 16 heavy (non-hydrogen) atoms. The molecular formula is C12H20FN3. The quantitative estimate of drug-likeness (QED) is 0.835. The molecule has 90 valence electrons. The highest BCUT2D eigenvalue weighted by Crippen LogP contribution is 2.20. The largest absolute Gasteiger partial charge is 0.368 e.